The zero-order chi connectivity index (χ0) is 21.6. The first kappa shape index (κ1) is 20.7. The quantitative estimate of drug-likeness (QED) is 0.336. The number of benzene rings is 3. The molecule has 0 spiro atoms. The Morgan fingerprint density at radius 3 is 2.35 bits per heavy atom. The number of para-hydroxylation sites is 2. The molecule has 0 unspecified atom stereocenters. The number of carbonyl (C=O) groups is 1. The van der Waals surface area contributed by atoms with Gasteiger partial charge in [-0.25, -0.2) is 4.39 Å². The number of halogens is 1. The molecule has 5 nitrogen and oxygen atoms in total. The standard InChI is InChI=1S/C25H24FNO4/c26-21-9-3-5-11-24(21)31-15-7-1-6-14-30-18-12-13-20-19-8-2-4-10-22(19)27(17-25(28)29)23(20)16-18/h2-5,8-13,16H,1,6-7,14-15,17H2,(H,28,29). The summed E-state index contributed by atoms with van der Waals surface area (Å²) >= 11 is 0. The van der Waals surface area contributed by atoms with E-state index in [1.54, 1.807) is 22.8 Å². The van der Waals surface area contributed by atoms with Crippen LogP contribution in [0.15, 0.2) is 66.7 Å². The van der Waals surface area contributed by atoms with E-state index in [9.17, 15) is 14.3 Å². The number of carboxylic acids is 1. The highest BCUT2D eigenvalue weighted by molar-refractivity contribution is 6.08. The smallest absolute Gasteiger partial charge is 0.323 e. The number of ether oxygens (including phenoxy) is 2. The van der Waals surface area contributed by atoms with E-state index in [0.29, 0.717) is 19.0 Å². The lowest BCUT2D eigenvalue weighted by Gasteiger charge is -2.09. The fourth-order valence-electron chi connectivity index (χ4n) is 3.74. The number of nitrogens with zero attached hydrogens (tertiary/aromatic N) is 1. The van der Waals surface area contributed by atoms with Crippen molar-refractivity contribution in [2.75, 3.05) is 13.2 Å². The van der Waals surface area contributed by atoms with Crippen LogP contribution in [-0.2, 0) is 11.3 Å². The van der Waals surface area contributed by atoms with Crippen LogP contribution in [0.2, 0.25) is 0 Å². The lowest BCUT2D eigenvalue weighted by Crippen LogP contribution is -2.08. The molecule has 0 amide bonds. The summed E-state index contributed by atoms with van der Waals surface area (Å²) in [6.45, 7) is 0.905. The Labute approximate surface area is 179 Å². The number of aliphatic carboxylic acids is 1. The first-order valence-electron chi connectivity index (χ1n) is 10.4. The fourth-order valence-corrected chi connectivity index (χ4v) is 3.74. The van der Waals surface area contributed by atoms with E-state index in [0.717, 1.165) is 41.1 Å². The number of aromatic nitrogens is 1. The van der Waals surface area contributed by atoms with Gasteiger partial charge in [0.15, 0.2) is 11.6 Å². The van der Waals surface area contributed by atoms with Crippen LogP contribution in [0, 0.1) is 5.82 Å². The van der Waals surface area contributed by atoms with Gasteiger partial charge in [-0.05, 0) is 49.6 Å². The largest absolute Gasteiger partial charge is 0.494 e. The average molecular weight is 421 g/mol. The topological polar surface area (TPSA) is 60.7 Å². The predicted octanol–water partition coefficient (Wildman–Crippen LogP) is 5.65. The maximum Gasteiger partial charge on any atom is 0.323 e. The number of fused-ring (bicyclic) bond motifs is 3. The molecule has 0 aliphatic rings. The van der Waals surface area contributed by atoms with Crippen molar-refractivity contribution in [3.05, 3.63) is 72.5 Å². The van der Waals surface area contributed by atoms with Crippen LogP contribution in [-0.4, -0.2) is 28.9 Å². The van der Waals surface area contributed by atoms with Crippen LogP contribution < -0.4 is 9.47 Å². The van der Waals surface area contributed by atoms with Gasteiger partial charge in [-0.1, -0.05) is 30.3 Å². The molecular weight excluding hydrogens is 397 g/mol. The van der Waals surface area contributed by atoms with Crippen LogP contribution in [0.1, 0.15) is 19.3 Å². The summed E-state index contributed by atoms with van der Waals surface area (Å²) in [6, 6.07) is 20.0. The first-order chi connectivity index (χ1) is 15.1. The normalized spacial score (nSPS) is 11.1. The maximum absolute atomic E-state index is 13.5. The molecule has 0 radical (unpaired) electrons. The minimum atomic E-state index is -0.883. The van der Waals surface area contributed by atoms with Gasteiger partial charge >= 0.3 is 5.97 Å². The van der Waals surface area contributed by atoms with E-state index in [1.807, 2.05) is 42.5 Å². The minimum Gasteiger partial charge on any atom is -0.494 e. The van der Waals surface area contributed by atoms with Gasteiger partial charge in [-0.15, -0.1) is 0 Å². The molecule has 4 rings (SSSR count). The van der Waals surface area contributed by atoms with E-state index in [-0.39, 0.29) is 18.1 Å². The van der Waals surface area contributed by atoms with Crippen LogP contribution >= 0.6 is 0 Å². The average Bonchev–Trinajstić information content (AvgIpc) is 3.07. The highest BCUT2D eigenvalue weighted by atomic mass is 19.1. The Kier molecular flexibility index (Phi) is 6.36. The molecule has 1 heterocycles. The van der Waals surface area contributed by atoms with Gasteiger partial charge in [0.25, 0.3) is 0 Å². The second kappa shape index (κ2) is 9.51. The number of rotatable bonds is 10. The van der Waals surface area contributed by atoms with Crippen LogP contribution in [0.4, 0.5) is 4.39 Å². The third-order valence-corrected chi connectivity index (χ3v) is 5.19. The summed E-state index contributed by atoms with van der Waals surface area (Å²) in [4.78, 5) is 11.4. The molecule has 0 aliphatic carbocycles. The molecule has 0 bridgehead atoms. The van der Waals surface area contributed by atoms with Crippen molar-refractivity contribution in [2.24, 2.45) is 0 Å². The molecule has 0 aliphatic heterocycles. The van der Waals surface area contributed by atoms with Crippen LogP contribution in [0.3, 0.4) is 0 Å². The van der Waals surface area contributed by atoms with Crippen molar-refractivity contribution >= 4 is 27.8 Å². The molecule has 4 aromatic rings. The Bertz CT molecular complexity index is 1200. The van der Waals surface area contributed by atoms with Gasteiger partial charge in [0, 0.05) is 22.4 Å². The molecule has 0 atom stereocenters. The lowest BCUT2D eigenvalue weighted by atomic mass is 10.1. The van der Waals surface area contributed by atoms with E-state index in [4.69, 9.17) is 9.47 Å². The number of carboxylic acid groups (broad SMARTS) is 1. The molecule has 160 valence electrons. The van der Waals surface area contributed by atoms with Crippen molar-refractivity contribution in [1.82, 2.24) is 4.57 Å². The number of hydrogen-bond donors (Lipinski definition) is 1. The zero-order valence-corrected chi connectivity index (χ0v) is 17.1. The van der Waals surface area contributed by atoms with Gasteiger partial charge in [-0.2, -0.15) is 0 Å². The Morgan fingerprint density at radius 2 is 1.55 bits per heavy atom. The van der Waals surface area contributed by atoms with E-state index < -0.39 is 5.97 Å². The highest BCUT2D eigenvalue weighted by Crippen LogP contribution is 2.31. The molecule has 1 N–H and O–H groups in total. The van der Waals surface area contributed by atoms with Crippen molar-refractivity contribution in [2.45, 2.75) is 25.8 Å². The van der Waals surface area contributed by atoms with Gasteiger partial charge < -0.3 is 19.1 Å². The van der Waals surface area contributed by atoms with Crippen molar-refractivity contribution in [3.8, 4) is 11.5 Å². The zero-order valence-electron chi connectivity index (χ0n) is 17.1. The van der Waals surface area contributed by atoms with Crippen molar-refractivity contribution in [1.29, 1.82) is 0 Å². The minimum absolute atomic E-state index is 0.102. The summed E-state index contributed by atoms with van der Waals surface area (Å²) < 4.78 is 26.7. The fraction of sp³-hybridized carbons (Fsp3) is 0.240. The van der Waals surface area contributed by atoms with Crippen molar-refractivity contribution in [3.63, 3.8) is 0 Å². The van der Waals surface area contributed by atoms with Crippen molar-refractivity contribution < 1.29 is 23.8 Å². The Hall–Kier alpha value is -3.54. The summed E-state index contributed by atoms with van der Waals surface area (Å²) in [6.07, 6.45) is 2.55. The summed E-state index contributed by atoms with van der Waals surface area (Å²) in [5.74, 6) is -0.235. The van der Waals surface area contributed by atoms with Gasteiger partial charge in [-0.3, -0.25) is 4.79 Å². The van der Waals surface area contributed by atoms with Crippen LogP contribution in [0.25, 0.3) is 21.8 Å². The molecule has 31 heavy (non-hydrogen) atoms. The maximum atomic E-state index is 13.5. The molecule has 6 heteroatoms. The second-order valence-electron chi connectivity index (χ2n) is 7.36. The molecule has 0 saturated carbocycles. The summed E-state index contributed by atoms with van der Waals surface area (Å²) in [5, 5.41) is 11.4. The predicted molar refractivity (Wildman–Crippen MR) is 118 cm³/mol. The van der Waals surface area contributed by atoms with E-state index in [2.05, 4.69) is 0 Å². The highest BCUT2D eigenvalue weighted by Gasteiger charge is 2.13. The Morgan fingerprint density at radius 1 is 0.839 bits per heavy atom. The lowest BCUT2D eigenvalue weighted by molar-refractivity contribution is -0.137. The first-order valence-corrected chi connectivity index (χ1v) is 10.4. The molecule has 3 aromatic carbocycles. The third kappa shape index (κ3) is 4.79. The molecule has 1 aromatic heterocycles. The molecule has 0 fully saturated rings. The number of unbranched alkanes of at least 4 members (excludes halogenated alkanes) is 2. The van der Waals surface area contributed by atoms with Gasteiger partial charge in [0.05, 0.1) is 18.7 Å². The van der Waals surface area contributed by atoms with Gasteiger partial charge in [0.1, 0.15) is 12.3 Å². The SMILES string of the molecule is O=C(O)Cn1c2ccccc2c2ccc(OCCCCCOc3ccccc3F)cc21. The number of hydrogen-bond acceptors (Lipinski definition) is 3. The second-order valence-corrected chi connectivity index (χ2v) is 7.36. The molecular formula is C25H24FNO4. The Balaban J connectivity index is 1.33. The van der Waals surface area contributed by atoms with E-state index in [1.165, 1.54) is 6.07 Å². The van der Waals surface area contributed by atoms with Crippen LogP contribution in [0.5, 0.6) is 11.5 Å². The monoisotopic (exact) mass is 421 g/mol. The third-order valence-electron chi connectivity index (χ3n) is 5.19. The van der Waals surface area contributed by atoms with Gasteiger partial charge in [0.2, 0.25) is 0 Å². The summed E-state index contributed by atoms with van der Waals surface area (Å²) in [5.41, 5.74) is 1.74. The summed E-state index contributed by atoms with van der Waals surface area (Å²) in [7, 11) is 0. The molecule has 0 saturated heterocycles. The van der Waals surface area contributed by atoms with E-state index >= 15 is 0 Å².